The van der Waals surface area contributed by atoms with Crippen LogP contribution in [0.15, 0.2) is 43.5 Å². The van der Waals surface area contributed by atoms with Crippen molar-refractivity contribution < 1.29 is 13.9 Å². The third-order valence-electron chi connectivity index (χ3n) is 4.47. The van der Waals surface area contributed by atoms with E-state index in [9.17, 15) is 4.39 Å². The largest absolute Gasteiger partial charge is 0.487 e. The minimum Gasteiger partial charge on any atom is -0.487 e. The lowest BCUT2D eigenvalue weighted by atomic mass is 10.2. The zero-order valence-corrected chi connectivity index (χ0v) is 18.3. The van der Waals surface area contributed by atoms with Crippen molar-refractivity contribution >= 4 is 23.4 Å². The van der Waals surface area contributed by atoms with Crippen LogP contribution in [0, 0.1) is 5.82 Å². The molecule has 2 aromatic rings. The summed E-state index contributed by atoms with van der Waals surface area (Å²) >= 11 is 0. The Bertz CT molecular complexity index is 892. The van der Waals surface area contributed by atoms with Crippen LogP contribution in [0.2, 0.25) is 0 Å². The summed E-state index contributed by atoms with van der Waals surface area (Å²) < 4.78 is 25.7. The maximum absolute atomic E-state index is 14.1. The molecule has 1 atom stereocenters. The number of anilines is 3. The van der Waals surface area contributed by atoms with E-state index in [4.69, 9.17) is 15.2 Å². The molecule has 0 saturated carbocycles. The molecular formula is C22H31FN6O2. The molecule has 0 spiro atoms. The molecule has 9 heteroatoms. The van der Waals surface area contributed by atoms with Gasteiger partial charge < -0.3 is 30.7 Å². The van der Waals surface area contributed by atoms with Crippen LogP contribution in [0.1, 0.15) is 25.8 Å². The van der Waals surface area contributed by atoms with Crippen LogP contribution in [0.4, 0.5) is 21.7 Å². The number of nitrogens with one attached hydrogen (secondary N) is 2. The fraction of sp³-hybridized carbons (Fsp3) is 0.364. The second-order valence-electron chi connectivity index (χ2n) is 6.79. The number of nitrogen functional groups attached to an aromatic ring is 1. The topological polar surface area (TPSA) is 97.6 Å². The van der Waals surface area contributed by atoms with Gasteiger partial charge in [-0.3, -0.25) is 0 Å². The predicted octanol–water partition coefficient (Wildman–Crippen LogP) is 3.60. The number of hydrogen-bond donors (Lipinski definition) is 3. The quantitative estimate of drug-likeness (QED) is 0.415. The first-order valence-electron chi connectivity index (χ1n) is 10.1. The first kappa shape index (κ1) is 23.9. The third kappa shape index (κ3) is 6.58. The Kier molecular flexibility index (Phi) is 9.08. The van der Waals surface area contributed by atoms with E-state index in [1.807, 2.05) is 20.9 Å². The van der Waals surface area contributed by atoms with Gasteiger partial charge in [-0.25, -0.2) is 14.4 Å². The molecule has 0 bridgehead atoms. The Morgan fingerprint density at radius 2 is 2.13 bits per heavy atom. The lowest BCUT2D eigenvalue weighted by molar-refractivity contribution is 0.0190. The molecule has 0 aliphatic heterocycles. The highest BCUT2D eigenvalue weighted by Gasteiger charge is 2.16. The van der Waals surface area contributed by atoms with E-state index >= 15 is 0 Å². The van der Waals surface area contributed by atoms with Crippen LogP contribution in [-0.4, -0.2) is 43.0 Å². The molecule has 1 unspecified atom stereocenters. The van der Waals surface area contributed by atoms with E-state index < -0.39 is 5.82 Å². The number of nitrogens with two attached hydrogens (primary N) is 1. The van der Waals surface area contributed by atoms with Crippen LogP contribution >= 0.6 is 0 Å². The Balaban J connectivity index is 1.98. The molecule has 168 valence electrons. The molecule has 1 aromatic carbocycles. The van der Waals surface area contributed by atoms with Gasteiger partial charge in [-0.1, -0.05) is 38.3 Å². The van der Waals surface area contributed by atoms with E-state index in [1.165, 1.54) is 12.4 Å². The molecule has 31 heavy (non-hydrogen) atoms. The van der Waals surface area contributed by atoms with Crippen molar-refractivity contribution in [3.8, 4) is 5.75 Å². The van der Waals surface area contributed by atoms with Gasteiger partial charge in [0.2, 0.25) is 0 Å². The lowest BCUT2D eigenvalue weighted by Gasteiger charge is -2.24. The van der Waals surface area contributed by atoms with Crippen molar-refractivity contribution in [2.45, 2.75) is 26.4 Å². The van der Waals surface area contributed by atoms with Crippen molar-refractivity contribution in [1.82, 2.24) is 15.3 Å². The normalized spacial score (nSPS) is 11.5. The van der Waals surface area contributed by atoms with Gasteiger partial charge in [0.25, 0.3) is 0 Å². The number of para-hydroxylation sites is 1. The Labute approximate surface area is 183 Å². The molecule has 0 fully saturated rings. The average Bonchev–Trinajstić information content (AvgIpc) is 2.76. The number of hydrogen-bond acceptors (Lipinski definition) is 8. The Morgan fingerprint density at radius 1 is 1.35 bits per heavy atom. The van der Waals surface area contributed by atoms with Gasteiger partial charge in [-0.2, -0.15) is 0 Å². The highest BCUT2D eigenvalue weighted by atomic mass is 19.1. The smallest absolute Gasteiger partial charge is 0.165 e. The van der Waals surface area contributed by atoms with Gasteiger partial charge >= 0.3 is 0 Å². The minimum atomic E-state index is -0.433. The molecule has 0 radical (unpaired) electrons. The van der Waals surface area contributed by atoms with E-state index in [1.54, 1.807) is 23.1 Å². The maximum Gasteiger partial charge on any atom is 0.165 e. The Morgan fingerprint density at radius 3 is 2.81 bits per heavy atom. The number of halogens is 1. The number of aromatic nitrogens is 2. The van der Waals surface area contributed by atoms with Crippen molar-refractivity contribution in [3.63, 3.8) is 0 Å². The van der Waals surface area contributed by atoms with E-state index in [-0.39, 0.29) is 25.2 Å². The number of benzene rings is 1. The summed E-state index contributed by atoms with van der Waals surface area (Å²) in [7, 11) is 1.81. The van der Waals surface area contributed by atoms with Crippen LogP contribution in [0.25, 0.3) is 6.08 Å². The van der Waals surface area contributed by atoms with Gasteiger partial charge in [0.15, 0.2) is 23.2 Å². The summed E-state index contributed by atoms with van der Waals surface area (Å²) in [6.07, 6.45) is 3.40. The summed E-state index contributed by atoms with van der Waals surface area (Å²) in [6.45, 7) is 12.6. The lowest BCUT2D eigenvalue weighted by Crippen LogP contribution is -2.30. The highest BCUT2D eigenvalue weighted by Crippen LogP contribution is 2.26. The number of ether oxygens (including phenoxy) is 2. The monoisotopic (exact) mass is 430 g/mol. The molecule has 1 aromatic heterocycles. The molecule has 2 rings (SSSR count). The summed E-state index contributed by atoms with van der Waals surface area (Å²) in [4.78, 5) is 10.2. The highest BCUT2D eigenvalue weighted by molar-refractivity contribution is 5.75. The van der Waals surface area contributed by atoms with Gasteiger partial charge in [-0.05, 0) is 19.4 Å². The zero-order chi connectivity index (χ0) is 22.8. The van der Waals surface area contributed by atoms with Gasteiger partial charge in [-0.15, -0.1) is 0 Å². The van der Waals surface area contributed by atoms with Crippen LogP contribution < -0.4 is 26.0 Å². The minimum absolute atomic E-state index is 0.171. The molecule has 0 aliphatic rings. The van der Waals surface area contributed by atoms with Gasteiger partial charge in [0.05, 0.1) is 11.9 Å². The Hall–Kier alpha value is -3.33. The fourth-order valence-corrected chi connectivity index (χ4v) is 2.77. The second kappa shape index (κ2) is 11.8. The maximum atomic E-state index is 14.1. The van der Waals surface area contributed by atoms with Crippen molar-refractivity contribution in [2.24, 2.45) is 0 Å². The standard InChI is InChI=1S/C22H31FN6O2/c1-6-16-10-9-11-18(23)20(16)30-12-17(7-2)31-14-29(5)22-19(24)21(26-13-27-22)28-15(4)25-8-3/h6,9-11,13,17,25H,1,4,7-8,12,14,24H2,2-3,5H3,(H,26,27,28). The zero-order valence-electron chi connectivity index (χ0n) is 18.3. The van der Waals surface area contributed by atoms with E-state index in [2.05, 4.69) is 33.8 Å². The molecule has 8 nitrogen and oxygen atoms in total. The van der Waals surface area contributed by atoms with Crippen LogP contribution in [0.3, 0.4) is 0 Å². The predicted molar refractivity (Wildman–Crippen MR) is 123 cm³/mol. The second-order valence-corrected chi connectivity index (χ2v) is 6.79. The summed E-state index contributed by atoms with van der Waals surface area (Å²) in [5, 5.41) is 6.07. The van der Waals surface area contributed by atoms with Crippen molar-refractivity contribution in [2.75, 3.05) is 42.9 Å². The first-order chi connectivity index (χ1) is 14.9. The molecule has 4 N–H and O–H groups in total. The van der Waals surface area contributed by atoms with Gasteiger partial charge in [0.1, 0.15) is 25.4 Å². The number of nitrogens with zero attached hydrogens (tertiary/aromatic N) is 3. The fourth-order valence-electron chi connectivity index (χ4n) is 2.77. The molecule has 1 heterocycles. The van der Waals surface area contributed by atoms with Crippen molar-refractivity contribution in [3.05, 3.63) is 54.9 Å². The summed E-state index contributed by atoms with van der Waals surface area (Å²) in [6, 6.07) is 4.71. The molecule has 0 saturated heterocycles. The van der Waals surface area contributed by atoms with Gasteiger partial charge in [0, 0.05) is 19.2 Å². The summed E-state index contributed by atoms with van der Waals surface area (Å²) in [5.74, 6) is 1.30. The SMILES string of the molecule is C=Cc1cccc(F)c1OCC(CC)OCN(C)c1ncnc(NC(=C)NCC)c1N. The average molecular weight is 431 g/mol. The first-order valence-corrected chi connectivity index (χ1v) is 10.1. The molecular weight excluding hydrogens is 399 g/mol. The summed E-state index contributed by atoms with van der Waals surface area (Å²) in [5.41, 5.74) is 7.19. The third-order valence-corrected chi connectivity index (χ3v) is 4.47. The van der Waals surface area contributed by atoms with Crippen LogP contribution in [0.5, 0.6) is 5.75 Å². The van der Waals surface area contributed by atoms with E-state index in [0.717, 1.165) is 6.54 Å². The van der Waals surface area contributed by atoms with Crippen molar-refractivity contribution in [1.29, 1.82) is 0 Å². The van der Waals surface area contributed by atoms with E-state index in [0.29, 0.717) is 35.1 Å². The number of rotatable bonds is 13. The molecule has 0 aliphatic carbocycles. The molecule has 0 amide bonds. The van der Waals surface area contributed by atoms with Crippen LogP contribution in [-0.2, 0) is 4.74 Å².